The Labute approximate surface area is 109 Å². The van der Waals surface area contributed by atoms with Crippen LogP contribution >= 0.6 is 0 Å². The van der Waals surface area contributed by atoms with Crippen LogP contribution in [0.2, 0.25) is 0 Å². The van der Waals surface area contributed by atoms with Gasteiger partial charge in [-0.2, -0.15) is 0 Å². The second kappa shape index (κ2) is 5.42. The van der Waals surface area contributed by atoms with E-state index < -0.39 is 0 Å². The molecule has 18 heavy (non-hydrogen) atoms. The fourth-order valence-electron chi connectivity index (χ4n) is 2.57. The van der Waals surface area contributed by atoms with Crippen LogP contribution < -0.4 is 5.73 Å². The van der Waals surface area contributed by atoms with Crippen LogP contribution in [-0.2, 0) is 11.2 Å². The first kappa shape index (κ1) is 12.9. The van der Waals surface area contributed by atoms with Crippen molar-refractivity contribution >= 4 is 11.6 Å². The summed E-state index contributed by atoms with van der Waals surface area (Å²) in [6, 6.07) is 5.91. The minimum Gasteiger partial charge on any atom is -0.398 e. The van der Waals surface area contributed by atoms with Crippen LogP contribution in [0.5, 0.6) is 0 Å². The summed E-state index contributed by atoms with van der Waals surface area (Å²) in [6.45, 7) is 6.01. The number of carbonyl (C=O) groups is 1. The molecule has 1 aliphatic heterocycles. The Bertz CT molecular complexity index is 442. The molecule has 1 aliphatic rings. The fraction of sp³-hybridized carbons (Fsp3) is 0.533. The third kappa shape index (κ3) is 3.03. The summed E-state index contributed by atoms with van der Waals surface area (Å²) < 4.78 is 0. The van der Waals surface area contributed by atoms with Crippen LogP contribution in [0.4, 0.5) is 5.69 Å². The maximum absolute atomic E-state index is 12.2. The van der Waals surface area contributed by atoms with Gasteiger partial charge in [0.1, 0.15) is 0 Å². The average Bonchev–Trinajstić information content (AvgIpc) is 2.32. The van der Waals surface area contributed by atoms with Crippen LogP contribution in [0.3, 0.4) is 0 Å². The molecule has 0 aliphatic carbocycles. The van der Waals surface area contributed by atoms with Gasteiger partial charge in [-0.1, -0.05) is 19.1 Å². The number of nitrogens with zero attached hydrogens (tertiary/aromatic N) is 1. The molecule has 0 aromatic heterocycles. The lowest BCUT2D eigenvalue weighted by atomic mass is 9.99. The van der Waals surface area contributed by atoms with Crippen molar-refractivity contribution in [1.82, 2.24) is 4.90 Å². The number of rotatable bonds is 2. The zero-order chi connectivity index (χ0) is 13.1. The molecule has 0 bridgehead atoms. The van der Waals surface area contributed by atoms with Crippen molar-refractivity contribution in [2.75, 3.05) is 18.8 Å². The minimum absolute atomic E-state index is 0.206. The number of aryl methyl sites for hydroxylation is 1. The largest absolute Gasteiger partial charge is 0.398 e. The summed E-state index contributed by atoms with van der Waals surface area (Å²) in [5, 5.41) is 0. The molecular formula is C15H22N2O. The Kier molecular flexibility index (Phi) is 3.90. The van der Waals surface area contributed by atoms with Gasteiger partial charge in [-0.05, 0) is 42.9 Å². The lowest BCUT2D eigenvalue weighted by Crippen LogP contribution is -2.40. The van der Waals surface area contributed by atoms with E-state index in [1.54, 1.807) is 0 Å². The Morgan fingerprint density at radius 2 is 2.28 bits per heavy atom. The van der Waals surface area contributed by atoms with Gasteiger partial charge in [-0.25, -0.2) is 0 Å². The van der Waals surface area contributed by atoms with E-state index in [-0.39, 0.29) is 5.91 Å². The van der Waals surface area contributed by atoms with E-state index in [9.17, 15) is 4.79 Å². The molecule has 3 heteroatoms. The maximum Gasteiger partial charge on any atom is 0.227 e. The van der Waals surface area contributed by atoms with E-state index in [1.807, 2.05) is 30.0 Å². The number of benzene rings is 1. The van der Waals surface area contributed by atoms with Crippen molar-refractivity contribution in [3.63, 3.8) is 0 Å². The molecule has 0 spiro atoms. The monoisotopic (exact) mass is 246 g/mol. The van der Waals surface area contributed by atoms with E-state index in [0.29, 0.717) is 12.3 Å². The highest BCUT2D eigenvalue weighted by atomic mass is 16.2. The van der Waals surface area contributed by atoms with Crippen molar-refractivity contribution in [3.05, 3.63) is 29.3 Å². The van der Waals surface area contributed by atoms with Gasteiger partial charge in [0.05, 0.1) is 6.42 Å². The summed E-state index contributed by atoms with van der Waals surface area (Å²) in [4.78, 5) is 14.2. The number of likely N-dealkylation sites (tertiary alicyclic amines) is 1. The molecule has 1 saturated heterocycles. The van der Waals surface area contributed by atoms with Gasteiger partial charge in [0.15, 0.2) is 0 Å². The highest BCUT2D eigenvalue weighted by molar-refractivity contribution is 5.80. The van der Waals surface area contributed by atoms with Crippen molar-refractivity contribution < 1.29 is 4.79 Å². The highest BCUT2D eigenvalue weighted by Gasteiger charge is 2.21. The molecule has 0 radical (unpaired) electrons. The van der Waals surface area contributed by atoms with Gasteiger partial charge in [-0.3, -0.25) is 4.79 Å². The van der Waals surface area contributed by atoms with Gasteiger partial charge in [0, 0.05) is 18.8 Å². The smallest absolute Gasteiger partial charge is 0.227 e. The van der Waals surface area contributed by atoms with E-state index in [0.717, 1.165) is 36.3 Å². The van der Waals surface area contributed by atoms with Crippen LogP contribution in [0.1, 0.15) is 30.9 Å². The summed E-state index contributed by atoms with van der Waals surface area (Å²) in [5.74, 6) is 0.829. The maximum atomic E-state index is 12.2. The predicted molar refractivity (Wildman–Crippen MR) is 74.3 cm³/mol. The number of anilines is 1. The van der Waals surface area contributed by atoms with Gasteiger partial charge < -0.3 is 10.6 Å². The van der Waals surface area contributed by atoms with Crippen molar-refractivity contribution in [3.8, 4) is 0 Å². The average molecular weight is 246 g/mol. The topological polar surface area (TPSA) is 46.3 Å². The molecular weight excluding hydrogens is 224 g/mol. The SMILES string of the molecule is Cc1ccc(CC(=O)N2CCCC(C)C2)c(N)c1. The number of hydrogen-bond acceptors (Lipinski definition) is 2. The van der Waals surface area contributed by atoms with Gasteiger partial charge in [0.25, 0.3) is 0 Å². The van der Waals surface area contributed by atoms with Crippen molar-refractivity contribution in [2.45, 2.75) is 33.1 Å². The van der Waals surface area contributed by atoms with Crippen molar-refractivity contribution in [1.29, 1.82) is 0 Å². The van der Waals surface area contributed by atoms with E-state index >= 15 is 0 Å². The van der Waals surface area contributed by atoms with E-state index in [4.69, 9.17) is 5.73 Å². The molecule has 1 aromatic carbocycles. The van der Waals surface area contributed by atoms with E-state index in [1.165, 1.54) is 6.42 Å². The first-order valence-electron chi connectivity index (χ1n) is 6.69. The summed E-state index contributed by atoms with van der Waals surface area (Å²) in [7, 11) is 0. The third-order valence-corrected chi connectivity index (χ3v) is 3.65. The normalized spacial score (nSPS) is 19.9. The van der Waals surface area contributed by atoms with Crippen LogP contribution in [0.15, 0.2) is 18.2 Å². The number of amides is 1. The van der Waals surface area contributed by atoms with E-state index in [2.05, 4.69) is 6.92 Å². The minimum atomic E-state index is 0.206. The number of nitrogen functional groups attached to an aromatic ring is 1. The Morgan fingerprint density at radius 1 is 1.50 bits per heavy atom. The van der Waals surface area contributed by atoms with Crippen LogP contribution in [0.25, 0.3) is 0 Å². The van der Waals surface area contributed by atoms with Gasteiger partial charge in [-0.15, -0.1) is 0 Å². The summed E-state index contributed by atoms with van der Waals surface area (Å²) in [6.07, 6.45) is 2.78. The Morgan fingerprint density at radius 3 is 2.94 bits per heavy atom. The second-order valence-corrected chi connectivity index (χ2v) is 5.47. The predicted octanol–water partition coefficient (Wildman–Crippen LogP) is 2.38. The standard InChI is InChI=1S/C15H22N2O/c1-11-5-6-13(14(16)8-11)9-15(18)17-7-3-4-12(2)10-17/h5-6,8,12H,3-4,7,9-10,16H2,1-2H3. The molecule has 1 heterocycles. The molecule has 2 N–H and O–H groups in total. The quantitative estimate of drug-likeness (QED) is 0.814. The Hall–Kier alpha value is -1.51. The Balaban J connectivity index is 2.02. The second-order valence-electron chi connectivity index (χ2n) is 5.47. The summed E-state index contributed by atoms with van der Waals surface area (Å²) >= 11 is 0. The lowest BCUT2D eigenvalue weighted by Gasteiger charge is -2.31. The van der Waals surface area contributed by atoms with Crippen LogP contribution in [0, 0.1) is 12.8 Å². The molecule has 1 amide bonds. The third-order valence-electron chi connectivity index (χ3n) is 3.65. The van der Waals surface area contributed by atoms with Gasteiger partial charge in [0.2, 0.25) is 5.91 Å². The molecule has 1 unspecified atom stereocenters. The molecule has 2 rings (SSSR count). The molecule has 0 saturated carbocycles. The molecule has 1 aromatic rings. The number of carbonyl (C=O) groups excluding carboxylic acids is 1. The molecule has 1 fully saturated rings. The highest BCUT2D eigenvalue weighted by Crippen LogP contribution is 2.19. The molecule has 1 atom stereocenters. The zero-order valence-electron chi connectivity index (χ0n) is 11.3. The number of nitrogens with two attached hydrogens (primary N) is 1. The number of hydrogen-bond donors (Lipinski definition) is 1. The van der Waals surface area contributed by atoms with Gasteiger partial charge >= 0.3 is 0 Å². The first-order chi connectivity index (χ1) is 8.56. The first-order valence-corrected chi connectivity index (χ1v) is 6.69. The zero-order valence-corrected chi connectivity index (χ0v) is 11.3. The van der Waals surface area contributed by atoms with Crippen LogP contribution in [-0.4, -0.2) is 23.9 Å². The fourth-order valence-corrected chi connectivity index (χ4v) is 2.57. The number of piperidine rings is 1. The molecule has 98 valence electrons. The summed E-state index contributed by atoms with van der Waals surface area (Å²) in [5.41, 5.74) is 8.77. The van der Waals surface area contributed by atoms with Crippen molar-refractivity contribution in [2.24, 2.45) is 5.92 Å². The molecule has 3 nitrogen and oxygen atoms in total. The lowest BCUT2D eigenvalue weighted by molar-refractivity contribution is -0.132.